The van der Waals surface area contributed by atoms with E-state index in [1.54, 1.807) is 0 Å². The summed E-state index contributed by atoms with van der Waals surface area (Å²) in [6, 6.07) is 7.90. The number of nitrogens with zero attached hydrogens (tertiary/aromatic N) is 1. The van der Waals surface area contributed by atoms with E-state index in [0.29, 0.717) is 12.2 Å². The van der Waals surface area contributed by atoms with Crippen LogP contribution < -0.4 is 0 Å². The maximum atomic E-state index is 12.1. The number of ketones is 1. The van der Waals surface area contributed by atoms with Crippen LogP contribution in [0.5, 0.6) is 0 Å². The van der Waals surface area contributed by atoms with E-state index < -0.39 is 0 Å². The normalized spacial score (nSPS) is 16.2. The molecule has 0 amide bonds. The Morgan fingerprint density at radius 3 is 2.60 bits per heavy atom. The molecule has 0 atom stereocenters. The van der Waals surface area contributed by atoms with E-state index in [1.807, 2.05) is 31.2 Å². The number of carbonyl (C=O) groups excluding carboxylic acids is 1. The molecule has 109 valence electrons. The first-order valence-electron chi connectivity index (χ1n) is 7.90. The summed E-state index contributed by atoms with van der Waals surface area (Å²) in [5.41, 5.74) is 2.00. The Morgan fingerprint density at radius 2 is 1.85 bits per heavy atom. The van der Waals surface area contributed by atoms with Crippen molar-refractivity contribution in [2.75, 3.05) is 19.6 Å². The molecule has 0 saturated carbocycles. The van der Waals surface area contributed by atoms with Crippen LogP contribution in [0.4, 0.5) is 0 Å². The van der Waals surface area contributed by atoms with Crippen LogP contribution in [0.25, 0.3) is 0 Å². The smallest absolute Gasteiger partial charge is 0.163 e. The zero-order valence-corrected chi connectivity index (χ0v) is 12.6. The monoisotopic (exact) mass is 272 g/mol. The van der Waals surface area contributed by atoms with E-state index in [2.05, 4.69) is 11.3 Å². The minimum atomic E-state index is 0.302. The van der Waals surface area contributed by atoms with Crippen LogP contribution in [0.2, 0.25) is 0 Å². The Bertz CT molecular complexity index is 421. The number of aryl methyl sites for hydroxylation is 1. The summed E-state index contributed by atoms with van der Waals surface area (Å²) in [6.07, 6.45) is 8.97. The Hall–Kier alpha value is -1.15. The van der Waals surface area contributed by atoms with Gasteiger partial charge in [-0.1, -0.05) is 30.7 Å². The van der Waals surface area contributed by atoms with Crippen molar-refractivity contribution in [2.45, 2.75) is 45.4 Å². The van der Waals surface area contributed by atoms with Crippen molar-refractivity contribution in [2.24, 2.45) is 0 Å². The van der Waals surface area contributed by atoms with Crippen LogP contribution in [0.1, 0.15) is 54.4 Å². The second-order valence-corrected chi connectivity index (χ2v) is 5.76. The molecule has 1 aromatic rings. The number of rotatable bonds is 7. The minimum absolute atomic E-state index is 0.302. The molecule has 1 radical (unpaired) electrons. The van der Waals surface area contributed by atoms with Gasteiger partial charge in [0.25, 0.3) is 0 Å². The van der Waals surface area contributed by atoms with Crippen molar-refractivity contribution in [1.29, 1.82) is 0 Å². The molecular formula is C18H26NO. The largest absolute Gasteiger partial charge is 0.303 e. The van der Waals surface area contributed by atoms with Crippen LogP contribution in [0.3, 0.4) is 0 Å². The van der Waals surface area contributed by atoms with Crippen molar-refractivity contribution < 1.29 is 4.79 Å². The summed E-state index contributed by atoms with van der Waals surface area (Å²) in [5, 5.41) is 0. The number of hydrogen-bond donors (Lipinski definition) is 0. The molecule has 0 aliphatic carbocycles. The average molecular weight is 272 g/mol. The molecule has 1 aliphatic heterocycles. The van der Waals surface area contributed by atoms with E-state index in [-0.39, 0.29) is 0 Å². The van der Waals surface area contributed by atoms with Gasteiger partial charge in [0.2, 0.25) is 0 Å². The highest BCUT2D eigenvalue weighted by Crippen LogP contribution is 2.13. The number of piperidine rings is 1. The standard InChI is InChI=1S/C18H26NO/c1-16-10-5-6-11-17(16)18(20)12-4-2-7-13-19-14-8-3-9-15-19/h3,5-6,10-11H,2,4,7-9,12-15H2,1H3. The van der Waals surface area contributed by atoms with E-state index >= 15 is 0 Å². The molecule has 2 heteroatoms. The summed E-state index contributed by atoms with van der Waals surface area (Å²) in [5.74, 6) is 0.302. The molecule has 20 heavy (non-hydrogen) atoms. The lowest BCUT2D eigenvalue weighted by molar-refractivity contribution is 0.0978. The quantitative estimate of drug-likeness (QED) is 0.551. The third-order valence-electron chi connectivity index (χ3n) is 4.12. The summed E-state index contributed by atoms with van der Waals surface area (Å²) in [4.78, 5) is 14.7. The molecular weight excluding hydrogens is 246 g/mol. The fraction of sp³-hybridized carbons (Fsp3) is 0.556. The highest BCUT2D eigenvalue weighted by Gasteiger charge is 2.10. The molecule has 0 N–H and O–H groups in total. The Morgan fingerprint density at radius 1 is 1.10 bits per heavy atom. The minimum Gasteiger partial charge on any atom is -0.303 e. The first kappa shape index (κ1) is 15.2. The predicted molar refractivity (Wildman–Crippen MR) is 84.0 cm³/mol. The van der Waals surface area contributed by atoms with Gasteiger partial charge in [-0.2, -0.15) is 0 Å². The molecule has 2 nitrogen and oxygen atoms in total. The Balaban J connectivity index is 1.61. The lowest BCUT2D eigenvalue weighted by atomic mass is 10.0. The van der Waals surface area contributed by atoms with Gasteiger partial charge in [0, 0.05) is 12.0 Å². The topological polar surface area (TPSA) is 20.3 Å². The second kappa shape index (κ2) is 8.21. The highest BCUT2D eigenvalue weighted by molar-refractivity contribution is 5.97. The predicted octanol–water partition coefficient (Wildman–Crippen LogP) is 4.04. The van der Waals surface area contributed by atoms with Gasteiger partial charge in [-0.25, -0.2) is 0 Å². The van der Waals surface area contributed by atoms with Gasteiger partial charge < -0.3 is 4.90 Å². The molecule has 0 spiro atoms. The molecule has 1 aromatic carbocycles. The molecule has 1 heterocycles. The van der Waals surface area contributed by atoms with Gasteiger partial charge in [-0.05, 0) is 64.2 Å². The van der Waals surface area contributed by atoms with Crippen molar-refractivity contribution in [3.63, 3.8) is 0 Å². The molecule has 1 saturated heterocycles. The van der Waals surface area contributed by atoms with Gasteiger partial charge in [-0.15, -0.1) is 0 Å². The van der Waals surface area contributed by atoms with Crippen LogP contribution in [-0.2, 0) is 0 Å². The van der Waals surface area contributed by atoms with E-state index in [1.165, 1.54) is 38.9 Å². The van der Waals surface area contributed by atoms with Crippen molar-refractivity contribution in [3.8, 4) is 0 Å². The van der Waals surface area contributed by atoms with Gasteiger partial charge in [0.05, 0.1) is 0 Å². The molecule has 0 bridgehead atoms. The van der Waals surface area contributed by atoms with Crippen molar-refractivity contribution in [1.82, 2.24) is 4.90 Å². The van der Waals surface area contributed by atoms with Gasteiger partial charge in [0.15, 0.2) is 5.78 Å². The van der Waals surface area contributed by atoms with Gasteiger partial charge in [0.1, 0.15) is 0 Å². The number of unbranched alkanes of at least 4 members (excludes halogenated alkanes) is 2. The lowest BCUT2D eigenvalue weighted by Crippen LogP contribution is -2.30. The number of benzene rings is 1. The maximum Gasteiger partial charge on any atom is 0.163 e. The van der Waals surface area contributed by atoms with Gasteiger partial charge in [-0.3, -0.25) is 4.79 Å². The maximum absolute atomic E-state index is 12.1. The molecule has 1 aliphatic rings. The molecule has 0 unspecified atom stereocenters. The fourth-order valence-corrected chi connectivity index (χ4v) is 2.85. The van der Waals surface area contributed by atoms with E-state index in [9.17, 15) is 4.79 Å². The van der Waals surface area contributed by atoms with E-state index in [0.717, 1.165) is 24.0 Å². The number of Topliss-reactive ketones (excluding diaryl/α,β-unsaturated/α-hetero) is 1. The molecule has 2 rings (SSSR count). The fourth-order valence-electron chi connectivity index (χ4n) is 2.85. The molecule has 0 aromatic heterocycles. The number of hydrogen-bond acceptors (Lipinski definition) is 2. The lowest BCUT2D eigenvalue weighted by Gasteiger charge is -2.26. The summed E-state index contributed by atoms with van der Waals surface area (Å²) in [7, 11) is 0. The SMILES string of the molecule is Cc1ccccc1C(=O)CCCCCN1CC[CH]CC1. The number of carbonyl (C=O) groups is 1. The third kappa shape index (κ3) is 4.75. The van der Waals surface area contributed by atoms with Crippen molar-refractivity contribution >= 4 is 5.78 Å². The van der Waals surface area contributed by atoms with Crippen LogP contribution in [0, 0.1) is 13.3 Å². The number of likely N-dealkylation sites (tertiary alicyclic amines) is 1. The van der Waals surface area contributed by atoms with Gasteiger partial charge >= 0.3 is 0 Å². The Labute approximate surface area is 123 Å². The summed E-state index contributed by atoms with van der Waals surface area (Å²) >= 11 is 0. The van der Waals surface area contributed by atoms with Crippen molar-refractivity contribution in [3.05, 3.63) is 41.8 Å². The Kier molecular flexibility index (Phi) is 6.25. The van der Waals surface area contributed by atoms with E-state index in [4.69, 9.17) is 0 Å². The first-order valence-corrected chi connectivity index (χ1v) is 7.90. The summed E-state index contributed by atoms with van der Waals surface area (Å²) < 4.78 is 0. The highest BCUT2D eigenvalue weighted by atomic mass is 16.1. The average Bonchev–Trinajstić information content (AvgIpc) is 2.48. The first-order chi connectivity index (χ1) is 9.77. The van der Waals surface area contributed by atoms with Crippen LogP contribution >= 0.6 is 0 Å². The van der Waals surface area contributed by atoms with Crippen LogP contribution in [0.15, 0.2) is 24.3 Å². The zero-order chi connectivity index (χ0) is 14.2. The summed E-state index contributed by atoms with van der Waals surface area (Å²) in [6.45, 7) is 5.66. The zero-order valence-electron chi connectivity index (χ0n) is 12.6. The second-order valence-electron chi connectivity index (χ2n) is 5.76. The third-order valence-corrected chi connectivity index (χ3v) is 4.12. The van der Waals surface area contributed by atoms with Crippen LogP contribution in [-0.4, -0.2) is 30.3 Å². The molecule has 1 fully saturated rings.